The third kappa shape index (κ3) is 3.35. The minimum atomic E-state index is -3.13. The Kier molecular flexibility index (Phi) is 4.74. The first kappa shape index (κ1) is 19.4. The second-order valence-corrected chi connectivity index (χ2v) is 10.4. The van der Waals surface area contributed by atoms with Crippen molar-refractivity contribution in [3.05, 3.63) is 47.8 Å². The summed E-state index contributed by atoms with van der Waals surface area (Å²) in [5.74, 6) is 0.264. The van der Waals surface area contributed by atoms with Gasteiger partial charge in [0.05, 0.1) is 17.6 Å². The Morgan fingerprint density at radius 1 is 1.13 bits per heavy atom. The molecule has 2 aliphatic rings. The number of rotatable bonds is 3. The standard InChI is InChI=1S/C21H26N6O2S/c1-14-11-18-17(12-27(14)19-4-8-23-21-16(19)3-7-22-21)20(25-13-24-18)15-5-9-26(10-6-15)30(2,28)29/h3-4,7-8,13-15H,5-6,9-12H2,1-2H3,(H,22,23). The number of fused-ring (bicyclic) bond motifs is 2. The van der Waals surface area contributed by atoms with Crippen molar-refractivity contribution in [1.82, 2.24) is 24.2 Å². The molecule has 0 bridgehead atoms. The van der Waals surface area contributed by atoms with E-state index >= 15 is 0 Å². The van der Waals surface area contributed by atoms with Gasteiger partial charge in [-0.05, 0) is 31.9 Å². The van der Waals surface area contributed by atoms with Gasteiger partial charge in [-0.1, -0.05) is 0 Å². The predicted octanol–water partition coefficient (Wildman–Crippen LogP) is 2.44. The summed E-state index contributed by atoms with van der Waals surface area (Å²) in [5.41, 5.74) is 5.47. The zero-order chi connectivity index (χ0) is 20.9. The van der Waals surface area contributed by atoms with Crippen molar-refractivity contribution in [3.63, 3.8) is 0 Å². The summed E-state index contributed by atoms with van der Waals surface area (Å²) in [6, 6.07) is 4.46. The predicted molar refractivity (Wildman–Crippen MR) is 116 cm³/mol. The molecular weight excluding hydrogens is 400 g/mol. The molecule has 158 valence electrons. The number of hydrogen-bond donors (Lipinski definition) is 1. The maximum atomic E-state index is 11.9. The maximum absolute atomic E-state index is 11.9. The third-order valence-corrected chi connectivity index (χ3v) is 7.78. The lowest BCUT2D eigenvalue weighted by atomic mass is 9.87. The number of sulfonamides is 1. The van der Waals surface area contributed by atoms with Gasteiger partial charge in [-0.15, -0.1) is 0 Å². The molecule has 0 amide bonds. The topological polar surface area (TPSA) is 95.1 Å². The van der Waals surface area contributed by atoms with Crippen molar-refractivity contribution in [1.29, 1.82) is 0 Å². The number of nitrogens with zero attached hydrogens (tertiary/aromatic N) is 5. The molecule has 30 heavy (non-hydrogen) atoms. The molecule has 0 aliphatic carbocycles. The fourth-order valence-corrected chi connectivity index (χ4v) is 5.73. The molecule has 0 saturated carbocycles. The average Bonchev–Trinajstić information content (AvgIpc) is 3.21. The Morgan fingerprint density at radius 2 is 1.93 bits per heavy atom. The molecular formula is C21H26N6O2S. The minimum Gasteiger partial charge on any atom is -0.363 e. The lowest BCUT2D eigenvalue weighted by molar-refractivity contribution is 0.317. The zero-order valence-corrected chi connectivity index (χ0v) is 18.1. The van der Waals surface area contributed by atoms with Gasteiger partial charge in [-0.3, -0.25) is 0 Å². The number of pyridine rings is 1. The van der Waals surface area contributed by atoms with Crippen molar-refractivity contribution in [2.24, 2.45) is 0 Å². The van der Waals surface area contributed by atoms with Gasteiger partial charge >= 0.3 is 0 Å². The second kappa shape index (κ2) is 7.31. The molecule has 1 atom stereocenters. The molecule has 1 unspecified atom stereocenters. The number of aromatic amines is 1. The van der Waals surface area contributed by atoms with E-state index in [1.54, 1.807) is 10.6 Å². The van der Waals surface area contributed by atoms with E-state index in [4.69, 9.17) is 0 Å². The van der Waals surface area contributed by atoms with Crippen molar-refractivity contribution in [2.75, 3.05) is 24.2 Å². The summed E-state index contributed by atoms with van der Waals surface area (Å²) in [5, 5.41) is 1.12. The van der Waals surface area contributed by atoms with Gasteiger partial charge in [-0.25, -0.2) is 27.7 Å². The Morgan fingerprint density at radius 3 is 2.70 bits per heavy atom. The molecule has 5 rings (SSSR count). The first-order valence-electron chi connectivity index (χ1n) is 10.4. The summed E-state index contributed by atoms with van der Waals surface area (Å²) in [6.07, 6.45) is 9.19. The fraction of sp³-hybridized carbons (Fsp3) is 0.476. The Bertz CT molecular complexity index is 1180. The molecule has 5 heterocycles. The number of piperidine rings is 1. The van der Waals surface area contributed by atoms with Crippen molar-refractivity contribution in [3.8, 4) is 0 Å². The van der Waals surface area contributed by atoms with Crippen LogP contribution in [-0.4, -0.2) is 58.0 Å². The Balaban J connectivity index is 1.47. The third-order valence-electron chi connectivity index (χ3n) is 6.47. The lowest BCUT2D eigenvalue weighted by Crippen LogP contribution is -2.41. The Labute approximate surface area is 176 Å². The summed E-state index contributed by atoms with van der Waals surface area (Å²) in [4.78, 5) is 19.3. The maximum Gasteiger partial charge on any atom is 0.211 e. The van der Waals surface area contributed by atoms with Crippen LogP contribution in [0.2, 0.25) is 0 Å². The van der Waals surface area contributed by atoms with Crippen LogP contribution in [-0.2, 0) is 23.0 Å². The normalized spacial score (nSPS) is 21.1. The highest BCUT2D eigenvalue weighted by atomic mass is 32.2. The quantitative estimate of drug-likeness (QED) is 0.691. The van der Waals surface area contributed by atoms with Gasteiger partial charge in [-0.2, -0.15) is 0 Å². The monoisotopic (exact) mass is 426 g/mol. The highest BCUT2D eigenvalue weighted by Crippen LogP contribution is 2.36. The summed E-state index contributed by atoms with van der Waals surface area (Å²) in [7, 11) is -3.13. The van der Waals surface area contributed by atoms with Crippen LogP contribution in [0.4, 0.5) is 5.69 Å². The Hall–Kier alpha value is -2.52. The van der Waals surface area contributed by atoms with E-state index in [2.05, 4.69) is 43.9 Å². The van der Waals surface area contributed by atoms with E-state index in [9.17, 15) is 8.42 Å². The van der Waals surface area contributed by atoms with Crippen LogP contribution in [0.15, 0.2) is 30.9 Å². The first-order chi connectivity index (χ1) is 14.4. The number of hydrogen-bond acceptors (Lipinski definition) is 6. The molecule has 1 saturated heterocycles. The van der Waals surface area contributed by atoms with Gasteiger partial charge in [0.15, 0.2) is 0 Å². The molecule has 3 aromatic rings. The fourth-order valence-electron chi connectivity index (χ4n) is 4.86. The highest BCUT2D eigenvalue weighted by molar-refractivity contribution is 7.88. The number of aromatic nitrogens is 4. The summed E-state index contributed by atoms with van der Waals surface area (Å²) < 4.78 is 25.3. The van der Waals surface area contributed by atoms with E-state index in [-0.39, 0.29) is 5.92 Å². The van der Waals surface area contributed by atoms with Crippen LogP contribution in [0.1, 0.15) is 42.6 Å². The molecule has 1 fully saturated rings. The number of anilines is 1. The molecule has 3 aromatic heterocycles. The number of nitrogens with one attached hydrogen (secondary N) is 1. The second-order valence-electron chi connectivity index (χ2n) is 8.37. The smallest absolute Gasteiger partial charge is 0.211 e. The summed E-state index contributed by atoms with van der Waals surface area (Å²) in [6.45, 7) is 4.09. The van der Waals surface area contributed by atoms with Crippen LogP contribution >= 0.6 is 0 Å². The van der Waals surface area contributed by atoms with Crippen LogP contribution in [0.3, 0.4) is 0 Å². The molecule has 0 aromatic carbocycles. The van der Waals surface area contributed by atoms with Crippen molar-refractivity contribution < 1.29 is 8.42 Å². The summed E-state index contributed by atoms with van der Waals surface area (Å²) >= 11 is 0. The van der Waals surface area contributed by atoms with E-state index in [1.165, 1.54) is 17.5 Å². The van der Waals surface area contributed by atoms with Crippen molar-refractivity contribution >= 4 is 26.7 Å². The van der Waals surface area contributed by atoms with E-state index < -0.39 is 10.0 Å². The van der Waals surface area contributed by atoms with Crippen LogP contribution in [0, 0.1) is 0 Å². The van der Waals surface area contributed by atoms with E-state index in [0.717, 1.165) is 48.2 Å². The highest BCUT2D eigenvalue weighted by Gasteiger charge is 2.32. The van der Waals surface area contributed by atoms with Crippen LogP contribution in [0.25, 0.3) is 11.0 Å². The van der Waals surface area contributed by atoms with E-state index in [1.807, 2.05) is 12.4 Å². The largest absolute Gasteiger partial charge is 0.363 e. The van der Waals surface area contributed by atoms with Gasteiger partial charge < -0.3 is 9.88 Å². The van der Waals surface area contributed by atoms with Crippen molar-refractivity contribution in [2.45, 2.75) is 44.7 Å². The minimum absolute atomic E-state index is 0.264. The van der Waals surface area contributed by atoms with E-state index in [0.29, 0.717) is 19.1 Å². The number of H-pyrrole nitrogens is 1. The van der Waals surface area contributed by atoms with Gasteiger partial charge in [0, 0.05) is 67.0 Å². The molecule has 8 nitrogen and oxygen atoms in total. The molecule has 0 spiro atoms. The SMILES string of the molecule is CC1Cc2ncnc(C3CCN(S(C)(=O)=O)CC3)c2CN1c1ccnc2[nH]ccc12. The van der Waals surface area contributed by atoms with Crippen LogP contribution < -0.4 is 4.90 Å². The first-order valence-corrected chi connectivity index (χ1v) is 12.2. The molecule has 9 heteroatoms. The molecule has 0 radical (unpaired) electrons. The lowest BCUT2D eigenvalue weighted by Gasteiger charge is -2.38. The molecule has 2 aliphatic heterocycles. The zero-order valence-electron chi connectivity index (χ0n) is 17.2. The molecule has 1 N–H and O–H groups in total. The van der Waals surface area contributed by atoms with Gasteiger partial charge in [0.1, 0.15) is 12.0 Å². The van der Waals surface area contributed by atoms with Crippen LogP contribution in [0.5, 0.6) is 0 Å². The average molecular weight is 427 g/mol. The van der Waals surface area contributed by atoms with Gasteiger partial charge in [0.2, 0.25) is 10.0 Å². The van der Waals surface area contributed by atoms with Gasteiger partial charge in [0.25, 0.3) is 0 Å².